The summed E-state index contributed by atoms with van der Waals surface area (Å²) in [6, 6.07) is 2.81. The summed E-state index contributed by atoms with van der Waals surface area (Å²) >= 11 is 0. The van der Waals surface area contributed by atoms with Gasteiger partial charge in [-0.3, -0.25) is 0 Å². The molecule has 0 spiro atoms. The SMILES string of the molecule is CC(NCc1ccc(O)c(O)c1O)c1nncn1C. The molecule has 1 aromatic carbocycles. The first-order valence-corrected chi connectivity index (χ1v) is 5.80. The van der Waals surface area contributed by atoms with Crippen molar-refractivity contribution in [1.29, 1.82) is 0 Å². The molecule has 0 amide bonds. The first-order chi connectivity index (χ1) is 9.00. The van der Waals surface area contributed by atoms with Crippen molar-refractivity contribution in [2.24, 2.45) is 7.05 Å². The zero-order valence-electron chi connectivity index (χ0n) is 10.7. The van der Waals surface area contributed by atoms with Gasteiger partial charge in [0.05, 0.1) is 6.04 Å². The maximum absolute atomic E-state index is 9.69. The smallest absolute Gasteiger partial charge is 0.200 e. The Hall–Kier alpha value is -2.28. The Balaban J connectivity index is 2.07. The molecule has 19 heavy (non-hydrogen) atoms. The third kappa shape index (κ3) is 2.60. The average Bonchev–Trinajstić information content (AvgIpc) is 2.81. The third-order valence-electron chi connectivity index (χ3n) is 2.95. The first kappa shape index (κ1) is 13.2. The van der Waals surface area contributed by atoms with E-state index in [2.05, 4.69) is 15.5 Å². The van der Waals surface area contributed by atoms with Gasteiger partial charge in [-0.25, -0.2) is 0 Å². The van der Waals surface area contributed by atoms with E-state index in [-0.39, 0.29) is 17.5 Å². The van der Waals surface area contributed by atoms with Gasteiger partial charge in [-0.05, 0) is 13.0 Å². The molecule has 1 unspecified atom stereocenters. The largest absolute Gasteiger partial charge is 0.504 e. The van der Waals surface area contributed by atoms with Crippen LogP contribution in [-0.4, -0.2) is 30.1 Å². The molecule has 4 N–H and O–H groups in total. The monoisotopic (exact) mass is 264 g/mol. The van der Waals surface area contributed by atoms with Gasteiger partial charge < -0.3 is 25.2 Å². The van der Waals surface area contributed by atoms with E-state index in [0.717, 1.165) is 5.82 Å². The molecule has 0 fully saturated rings. The molecule has 7 heteroatoms. The number of benzene rings is 1. The van der Waals surface area contributed by atoms with E-state index in [0.29, 0.717) is 12.1 Å². The number of phenols is 3. The second kappa shape index (κ2) is 5.15. The lowest BCUT2D eigenvalue weighted by Crippen LogP contribution is -2.21. The number of rotatable bonds is 4. The van der Waals surface area contributed by atoms with Crippen LogP contribution in [0.4, 0.5) is 0 Å². The van der Waals surface area contributed by atoms with Crippen molar-refractivity contribution < 1.29 is 15.3 Å². The number of hydrogen-bond acceptors (Lipinski definition) is 6. The molecule has 2 rings (SSSR count). The molecule has 0 radical (unpaired) electrons. The molecule has 1 aromatic heterocycles. The van der Waals surface area contributed by atoms with Crippen LogP contribution in [0.3, 0.4) is 0 Å². The normalized spacial score (nSPS) is 12.5. The number of aryl methyl sites for hydroxylation is 1. The number of aromatic hydroxyl groups is 3. The van der Waals surface area contributed by atoms with Gasteiger partial charge in [0.15, 0.2) is 11.5 Å². The quantitative estimate of drug-likeness (QED) is 0.608. The molecule has 0 aliphatic carbocycles. The Labute approximate surface area is 110 Å². The highest BCUT2D eigenvalue weighted by Crippen LogP contribution is 2.37. The highest BCUT2D eigenvalue weighted by molar-refractivity contribution is 5.53. The average molecular weight is 264 g/mol. The fourth-order valence-corrected chi connectivity index (χ4v) is 1.79. The van der Waals surface area contributed by atoms with Gasteiger partial charge in [0, 0.05) is 19.2 Å². The van der Waals surface area contributed by atoms with Gasteiger partial charge in [0.1, 0.15) is 12.2 Å². The predicted octanol–water partition coefficient (Wildman–Crippen LogP) is 0.783. The van der Waals surface area contributed by atoms with Gasteiger partial charge in [0.2, 0.25) is 5.75 Å². The summed E-state index contributed by atoms with van der Waals surface area (Å²) in [5, 5.41) is 39.3. The predicted molar refractivity (Wildman–Crippen MR) is 67.7 cm³/mol. The minimum Gasteiger partial charge on any atom is -0.504 e. The van der Waals surface area contributed by atoms with Crippen molar-refractivity contribution in [2.75, 3.05) is 0 Å². The summed E-state index contributed by atoms with van der Waals surface area (Å²) in [4.78, 5) is 0. The Kier molecular flexibility index (Phi) is 3.57. The molecule has 1 heterocycles. The maximum atomic E-state index is 9.69. The molecular weight excluding hydrogens is 248 g/mol. The summed E-state index contributed by atoms with van der Waals surface area (Å²) < 4.78 is 1.80. The molecule has 0 bridgehead atoms. The molecule has 0 saturated carbocycles. The van der Waals surface area contributed by atoms with Crippen LogP contribution < -0.4 is 5.32 Å². The molecule has 102 valence electrons. The van der Waals surface area contributed by atoms with Gasteiger partial charge in [-0.15, -0.1) is 10.2 Å². The number of hydrogen-bond donors (Lipinski definition) is 4. The standard InChI is InChI=1S/C12H16N4O3/c1-7(12-15-14-6-16(12)2)13-5-8-3-4-9(17)11(19)10(8)18/h3-4,6-7,13,17-19H,5H2,1-2H3. The van der Waals surface area contributed by atoms with Gasteiger partial charge in [-0.2, -0.15) is 0 Å². The minimum absolute atomic E-state index is 0.0668. The van der Waals surface area contributed by atoms with Crippen LogP contribution in [0.2, 0.25) is 0 Å². The molecule has 1 atom stereocenters. The lowest BCUT2D eigenvalue weighted by molar-refractivity contribution is 0.363. The summed E-state index contributed by atoms with van der Waals surface area (Å²) in [7, 11) is 1.84. The van der Waals surface area contributed by atoms with E-state index >= 15 is 0 Å². The summed E-state index contributed by atoms with van der Waals surface area (Å²) in [6.45, 7) is 2.25. The molecule has 0 aliphatic heterocycles. The molecule has 2 aromatic rings. The van der Waals surface area contributed by atoms with Crippen LogP contribution in [0.15, 0.2) is 18.5 Å². The Bertz CT molecular complexity index is 582. The van der Waals surface area contributed by atoms with Crippen molar-refractivity contribution >= 4 is 0 Å². The fourth-order valence-electron chi connectivity index (χ4n) is 1.79. The van der Waals surface area contributed by atoms with Crippen LogP contribution >= 0.6 is 0 Å². The second-order valence-electron chi connectivity index (χ2n) is 4.34. The third-order valence-corrected chi connectivity index (χ3v) is 2.95. The Morgan fingerprint density at radius 3 is 2.63 bits per heavy atom. The topological polar surface area (TPSA) is 103 Å². The number of nitrogens with one attached hydrogen (secondary N) is 1. The Morgan fingerprint density at radius 1 is 1.26 bits per heavy atom. The van der Waals surface area contributed by atoms with E-state index in [4.69, 9.17) is 0 Å². The van der Waals surface area contributed by atoms with Crippen LogP contribution in [0.25, 0.3) is 0 Å². The van der Waals surface area contributed by atoms with Crippen molar-refractivity contribution in [3.05, 3.63) is 29.8 Å². The van der Waals surface area contributed by atoms with Crippen molar-refractivity contribution in [2.45, 2.75) is 19.5 Å². The van der Waals surface area contributed by atoms with Crippen LogP contribution in [-0.2, 0) is 13.6 Å². The zero-order valence-corrected chi connectivity index (χ0v) is 10.7. The molecular formula is C12H16N4O3. The zero-order chi connectivity index (χ0) is 14.0. The second-order valence-corrected chi connectivity index (χ2v) is 4.34. The Morgan fingerprint density at radius 2 is 2.00 bits per heavy atom. The van der Waals surface area contributed by atoms with Crippen LogP contribution in [0.5, 0.6) is 17.2 Å². The number of phenolic OH excluding ortho intramolecular Hbond substituents is 3. The fraction of sp³-hybridized carbons (Fsp3) is 0.333. The molecule has 7 nitrogen and oxygen atoms in total. The molecule has 0 saturated heterocycles. The highest BCUT2D eigenvalue weighted by atomic mass is 16.3. The summed E-state index contributed by atoms with van der Waals surface area (Å²) in [5.74, 6) is -0.409. The van der Waals surface area contributed by atoms with Crippen LogP contribution in [0.1, 0.15) is 24.4 Å². The number of aromatic nitrogens is 3. The van der Waals surface area contributed by atoms with E-state index in [1.165, 1.54) is 6.07 Å². The van der Waals surface area contributed by atoms with E-state index in [9.17, 15) is 15.3 Å². The lowest BCUT2D eigenvalue weighted by Gasteiger charge is -2.14. The van der Waals surface area contributed by atoms with Crippen LogP contribution in [0, 0.1) is 0 Å². The lowest BCUT2D eigenvalue weighted by atomic mass is 10.1. The van der Waals surface area contributed by atoms with Crippen molar-refractivity contribution in [3.63, 3.8) is 0 Å². The van der Waals surface area contributed by atoms with E-state index in [1.807, 2.05) is 14.0 Å². The highest BCUT2D eigenvalue weighted by Gasteiger charge is 2.14. The molecule has 0 aliphatic rings. The van der Waals surface area contributed by atoms with Crippen molar-refractivity contribution in [1.82, 2.24) is 20.1 Å². The van der Waals surface area contributed by atoms with E-state index in [1.54, 1.807) is 17.0 Å². The van der Waals surface area contributed by atoms with E-state index < -0.39 is 5.75 Å². The summed E-state index contributed by atoms with van der Waals surface area (Å²) in [6.07, 6.45) is 1.61. The maximum Gasteiger partial charge on any atom is 0.200 e. The van der Waals surface area contributed by atoms with Gasteiger partial charge >= 0.3 is 0 Å². The summed E-state index contributed by atoms with van der Waals surface area (Å²) in [5.41, 5.74) is 0.490. The first-order valence-electron chi connectivity index (χ1n) is 5.80. The van der Waals surface area contributed by atoms with Crippen molar-refractivity contribution in [3.8, 4) is 17.2 Å². The van der Waals surface area contributed by atoms with Gasteiger partial charge in [-0.1, -0.05) is 6.07 Å². The van der Waals surface area contributed by atoms with Gasteiger partial charge in [0.25, 0.3) is 0 Å². The minimum atomic E-state index is -0.509. The number of nitrogens with zero attached hydrogens (tertiary/aromatic N) is 3.